The lowest BCUT2D eigenvalue weighted by Crippen LogP contribution is -2.37. The van der Waals surface area contributed by atoms with Crippen LogP contribution in [0.25, 0.3) is 0 Å². The third-order valence-corrected chi connectivity index (χ3v) is 4.25. The summed E-state index contributed by atoms with van der Waals surface area (Å²) in [4.78, 5) is 26.5. The number of rotatable bonds is 5. The third-order valence-electron chi connectivity index (χ3n) is 4.25. The lowest BCUT2D eigenvalue weighted by atomic mass is 10.1. The molecule has 0 bridgehead atoms. The molecule has 136 valence electrons. The lowest BCUT2D eigenvalue weighted by Gasteiger charge is -2.30. The molecule has 6 heteroatoms. The van der Waals surface area contributed by atoms with Crippen molar-refractivity contribution >= 4 is 23.3 Å². The second-order valence-corrected chi connectivity index (χ2v) is 6.03. The van der Waals surface area contributed by atoms with Crippen molar-refractivity contribution in [3.8, 4) is 0 Å². The number of carbonyl (C=O) groups is 2. The molecule has 0 spiro atoms. The molecule has 1 saturated heterocycles. The Morgan fingerprint density at radius 2 is 1.85 bits per heavy atom. The van der Waals surface area contributed by atoms with Gasteiger partial charge >= 0.3 is 5.97 Å². The number of nitrogens with one attached hydrogen (secondary N) is 1. The van der Waals surface area contributed by atoms with Crippen molar-refractivity contribution in [3.05, 3.63) is 59.7 Å². The van der Waals surface area contributed by atoms with Crippen molar-refractivity contribution in [1.82, 2.24) is 0 Å². The first-order valence-corrected chi connectivity index (χ1v) is 8.56. The maximum Gasteiger partial charge on any atom is 0.337 e. The van der Waals surface area contributed by atoms with Crippen molar-refractivity contribution in [3.63, 3.8) is 0 Å². The molecule has 0 aromatic heterocycles. The van der Waals surface area contributed by atoms with Crippen LogP contribution >= 0.6 is 0 Å². The average Bonchev–Trinajstić information content (AvgIpc) is 2.68. The zero-order chi connectivity index (χ0) is 18.4. The predicted molar refractivity (Wildman–Crippen MR) is 99.6 cm³/mol. The van der Waals surface area contributed by atoms with Crippen LogP contribution in [0, 0.1) is 0 Å². The maximum absolute atomic E-state index is 12.5. The van der Waals surface area contributed by atoms with Crippen LogP contribution in [0.2, 0.25) is 0 Å². The van der Waals surface area contributed by atoms with Gasteiger partial charge in [-0.2, -0.15) is 0 Å². The van der Waals surface area contributed by atoms with E-state index < -0.39 is 5.97 Å². The van der Waals surface area contributed by atoms with Crippen molar-refractivity contribution < 1.29 is 19.1 Å². The molecule has 0 atom stereocenters. The van der Waals surface area contributed by atoms with Crippen molar-refractivity contribution in [2.45, 2.75) is 6.42 Å². The van der Waals surface area contributed by atoms with Crippen molar-refractivity contribution in [1.29, 1.82) is 0 Å². The summed E-state index contributed by atoms with van der Waals surface area (Å²) >= 11 is 0. The highest BCUT2D eigenvalue weighted by Gasteiger charge is 2.18. The molecule has 2 aromatic carbocycles. The number of carbonyl (C=O) groups excluding carboxylic acids is 2. The van der Waals surface area contributed by atoms with Gasteiger partial charge in [0.2, 0.25) is 5.91 Å². The molecule has 1 aliphatic rings. The van der Waals surface area contributed by atoms with Crippen molar-refractivity contribution in [2.75, 3.05) is 43.6 Å². The number of ether oxygens (including phenoxy) is 2. The first-order valence-electron chi connectivity index (χ1n) is 8.56. The highest BCUT2D eigenvalue weighted by Crippen LogP contribution is 2.28. The SMILES string of the molecule is COC(=O)c1ccc(N2CCOCC2)c(NC(=O)Cc2ccccc2)c1. The average molecular weight is 354 g/mol. The highest BCUT2D eigenvalue weighted by atomic mass is 16.5. The van der Waals surface area contributed by atoms with E-state index in [2.05, 4.69) is 10.2 Å². The van der Waals surface area contributed by atoms with E-state index in [9.17, 15) is 9.59 Å². The number of benzene rings is 2. The molecule has 0 aliphatic carbocycles. The minimum atomic E-state index is -0.433. The van der Waals surface area contributed by atoms with Crippen LogP contribution in [-0.2, 0) is 20.7 Å². The molecule has 1 fully saturated rings. The summed E-state index contributed by atoms with van der Waals surface area (Å²) < 4.78 is 10.2. The smallest absolute Gasteiger partial charge is 0.337 e. The summed E-state index contributed by atoms with van der Waals surface area (Å²) in [6, 6.07) is 14.8. The first kappa shape index (κ1) is 17.9. The molecule has 1 aliphatic heterocycles. The number of anilines is 2. The van der Waals surface area contributed by atoms with Crippen LogP contribution in [0.15, 0.2) is 48.5 Å². The second kappa shape index (κ2) is 8.49. The Kier molecular flexibility index (Phi) is 5.86. The van der Waals surface area contributed by atoms with Crippen LogP contribution < -0.4 is 10.2 Å². The summed E-state index contributed by atoms with van der Waals surface area (Å²) in [7, 11) is 1.34. The minimum absolute atomic E-state index is 0.132. The second-order valence-electron chi connectivity index (χ2n) is 6.03. The van der Waals surface area contributed by atoms with E-state index in [0.717, 1.165) is 24.3 Å². The molecule has 1 heterocycles. The van der Waals surface area contributed by atoms with E-state index in [1.807, 2.05) is 36.4 Å². The van der Waals surface area contributed by atoms with E-state index in [1.54, 1.807) is 12.1 Å². The molecule has 0 radical (unpaired) electrons. The molecule has 0 saturated carbocycles. The highest BCUT2D eigenvalue weighted by molar-refractivity contribution is 5.98. The summed E-state index contributed by atoms with van der Waals surface area (Å²) in [5.74, 6) is -0.565. The van der Waals surface area contributed by atoms with Gasteiger partial charge in [-0.1, -0.05) is 30.3 Å². The van der Waals surface area contributed by atoms with E-state index in [-0.39, 0.29) is 12.3 Å². The largest absolute Gasteiger partial charge is 0.465 e. The monoisotopic (exact) mass is 354 g/mol. The fourth-order valence-electron chi connectivity index (χ4n) is 2.94. The van der Waals surface area contributed by atoms with Gasteiger partial charge in [0.25, 0.3) is 0 Å². The lowest BCUT2D eigenvalue weighted by molar-refractivity contribution is -0.115. The number of hydrogen-bond acceptors (Lipinski definition) is 5. The van der Waals surface area contributed by atoms with Gasteiger partial charge in [-0.15, -0.1) is 0 Å². The topological polar surface area (TPSA) is 67.9 Å². The Morgan fingerprint density at radius 3 is 2.54 bits per heavy atom. The molecular weight excluding hydrogens is 332 g/mol. The summed E-state index contributed by atoms with van der Waals surface area (Å²) in [6.45, 7) is 2.74. The van der Waals surface area contributed by atoms with Gasteiger partial charge in [-0.25, -0.2) is 4.79 Å². The van der Waals surface area contributed by atoms with Gasteiger partial charge in [-0.05, 0) is 23.8 Å². The zero-order valence-electron chi connectivity index (χ0n) is 14.7. The molecule has 1 N–H and O–H groups in total. The molecule has 6 nitrogen and oxygen atoms in total. The van der Waals surface area contributed by atoms with Gasteiger partial charge in [0.05, 0.1) is 43.7 Å². The first-order chi connectivity index (χ1) is 12.7. The van der Waals surface area contributed by atoms with Crippen LogP contribution in [0.1, 0.15) is 15.9 Å². The van der Waals surface area contributed by atoms with Gasteiger partial charge in [0.1, 0.15) is 0 Å². The number of hydrogen-bond donors (Lipinski definition) is 1. The zero-order valence-corrected chi connectivity index (χ0v) is 14.7. The summed E-state index contributed by atoms with van der Waals surface area (Å²) in [6.07, 6.45) is 0.270. The van der Waals surface area contributed by atoms with E-state index in [0.29, 0.717) is 24.5 Å². The van der Waals surface area contributed by atoms with E-state index in [4.69, 9.17) is 9.47 Å². The standard InChI is InChI=1S/C20H22N2O4/c1-25-20(24)16-7-8-18(22-9-11-26-12-10-22)17(14-16)21-19(23)13-15-5-3-2-4-6-15/h2-8,14H,9-13H2,1H3,(H,21,23). The Bertz CT molecular complexity index is 771. The Balaban J connectivity index is 1.83. The number of esters is 1. The van der Waals surface area contributed by atoms with Gasteiger partial charge in [-0.3, -0.25) is 4.79 Å². The fraction of sp³-hybridized carbons (Fsp3) is 0.300. The van der Waals surface area contributed by atoms with Crippen LogP contribution in [0.4, 0.5) is 11.4 Å². The quantitative estimate of drug-likeness (QED) is 0.836. The van der Waals surface area contributed by atoms with Crippen LogP contribution in [0.5, 0.6) is 0 Å². The van der Waals surface area contributed by atoms with Gasteiger partial charge < -0.3 is 19.7 Å². The normalized spacial score (nSPS) is 14.0. The molecule has 26 heavy (non-hydrogen) atoms. The van der Waals surface area contributed by atoms with Crippen LogP contribution in [-0.4, -0.2) is 45.3 Å². The van der Waals surface area contributed by atoms with Gasteiger partial charge in [0, 0.05) is 13.1 Å². The molecule has 2 aromatic rings. The van der Waals surface area contributed by atoms with E-state index in [1.165, 1.54) is 7.11 Å². The number of methoxy groups -OCH3 is 1. The van der Waals surface area contributed by atoms with Crippen LogP contribution in [0.3, 0.4) is 0 Å². The predicted octanol–water partition coefficient (Wildman–Crippen LogP) is 2.49. The van der Waals surface area contributed by atoms with E-state index >= 15 is 0 Å². The summed E-state index contributed by atoms with van der Waals surface area (Å²) in [5, 5.41) is 2.95. The fourth-order valence-corrected chi connectivity index (χ4v) is 2.94. The van der Waals surface area contributed by atoms with Crippen molar-refractivity contribution in [2.24, 2.45) is 0 Å². The van der Waals surface area contributed by atoms with Gasteiger partial charge in [0.15, 0.2) is 0 Å². The number of morpholine rings is 1. The number of nitrogens with zero attached hydrogens (tertiary/aromatic N) is 1. The third kappa shape index (κ3) is 4.40. The minimum Gasteiger partial charge on any atom is -0.465 e. The summed E-state index contributed by atoms with van der Waals surface area (Å²) in [5.41, 5.74) is 2.82. The molecular formula is C20H22N2O4. The Labute approximate surface area is 152 Å². The maximum atomic E-state index is 12.5. The molecule has 3 rings (SSSR count). The Morgan fingerprint density at radius 1 is 1.12 bits per heavy atom. The molecule has 0 unspecified atom stereocenters. The molecule has 1 amide bonds. The Hall–Kier alpha value is -2.86. The number of amides is 1.